The molecule has 5 nitrogen and oxygen atoms in total. The highest BCUT2D eigenvalue weighted by atomic mass is 35.5. The van der Waals surface area contributed by atoms with E-state index in [0.29, 0.717) is 29.4 Å². The Morgan fingerprint density at radius 3 is 2.62 bits per heavy atom. The molecule has 1 saturated heterocycles. The molecule has 34 heavy (non-hydrogen) atoms. The molecule has 3 fully saturated rings. The first-order valence-electron chi connectivity index (χ1n) is 12.3. The number of phenols is 1. The second kappa shape index (κ2) is 8.12. The molecule has 1 amide bonds. The zero-order valence-corrected chi connectivity index (χ0v) is 20.6. The van der Waals surface area contributed by atoms with E-state index in [1.807, 2.05) is 12.1 Å². The normalized spacial score (nSPS) is 32.2. The minimum atomic E-state index is -0.984. The van der Waals surface area contributed by atoms with Gasteiger partial charge in [-0.05, 0) is 98.0 Å². The predicted molar refractivity (Wildman–Crippen MR) is 132 cm³/mol. The summed E-state index contributed by atoms with van der Waals surface area (Å²) in [5, 5.41) is 26.8. The molecule has 4 aliphatic rings. The monoisotopic (exact) mass is 500 g/mol. The first kappa shape index (κ1) is 22.7. The average molecular weight is 501 g/mol. The predicted octanol–water partition coefficient (Wildman–Crippen LogP) is 4.43. The van der Waals surface area contributed by atoms with Crippen LogP contribution in [0, 0.1) is 11.8 Å². The molecule has 0 aromatic heterocycles. The molecule has 2 saturated carbocycles. The van der Waals surface area contributed by atoms with Crippen molar-refractivity contribution >= 4 is 29.1 Å². The smallest absolute Gasteiger partial charge is 0.223 e. The number of piperidine rings is 1. The van der Waals surface area contributed by atoms with Crippen molar-refractivity contribution in [1.82, 2.24) is 10.2 Å². The molecule has 180 valence electrons. The number of nitrogens with zero attached hydrogens (tertiary/aromatic N) is 1. The van der Waals surface area contributed by atoms with Crippen LogP contribution in [-0.2, 0) is 23.2 Å². The number of fused-ring (bicyclic) bond motifs is 1. The van der Waals surface area contributed by atoms with Crippen LogP contribution in [0.25, 0.3) is 0 Å². The molecule has 0 radical (unpaired) electrons. The molecule has 0 spiro atoms. The van der Waals surface area contributed by atoms with Crippen LogP contribution in [0.2, 0.25) is 10.0 Å². The maximum Gasteiger partial charge on any atom is 0.223 e. The molecule has 3 aliphatic carbocycles. The number of carbonyl (C=O) groups is 1. The molecule has 2 aromatic rings. The van der Waals surface area contributed by atoms with Gasteiger partial charge in [0, 0.05) is 40.5 Å². The summed E-state index contributed by atoms with van der Waals surface area (Å²) in [5.74, 6) is 0.619. The Kier molecular flexibility index (Phi) is 5.41. The van der Waals surface area contributed by atoms with Crippen LogP contribution in [-0.4, -0.2) is 45.8 Å². The van der Waals surface area contributed by atoms with Crippen LogP contribution >= 0.6 is 23.2 Å². The molecule has 1 heterocycles. The lowest BCUT2D eigenvalue weighted by atomic mass is 9.56. The van der Waals surface area contributed by atoms with Crippen molar-refractivity contribution in [2.75, 3.05) is 13.1 Å². The Bertz CT molecular complexity index is 1130. The van der Waals surface area contributed by atoms with Gasteiger partial charge in [-0.2, -0.15) is 0 Å². The van der Waals surface area contributed by atoms with Crippen LogP contribution in [0.4, 0.5) is 0 Å². The fourth-order valence-electron chi connectivity index (χ4n) is 7.06. The highest BCUT2D eigenvalue weighted by molar-refractivity contribution is 6.34. The van der Waals surface area contributed by atoms with Gasteiger partial charge in [-0.25, -0.2) is 0 Å². The molecular formula is C27H30Cl2N2O3. The number of benzene rings is 2. The Hall–Kier alpha value is -1.79. The molecule has 3 N–H and O–H groups in total. The summed E-state index contributed by atoms with van der Waals surface area (Å²) in [7, 11) is 0. The van der Waals surface area contributed by atoms with E-state index in [1.165, 1.54) is 18.4 Å². The third-order valence-corrected chi connectivity index (χ3v) is 9.21. The van der Waals surface area contributed by atoms with Crippen molar-refractivity contribution in [1.29, 1.82) is 0 Å². The van der Waals surface area contributed by atoms with Crippen molar-refractivity contribution < 1.29 is 15.0 Å². The van der Waals surface area contributed by atoms with Crippen molar-refractivity contribution in [2.45, 2.75) is 62.1 Å². The topological polar surface area (TPSA) is 72.8 Å². The Morgan fingerprint density at radius 2 is 1.88 bits per heavy atom. The number of hydrogen-bond donors (Lipinski definition) is 3. The highest BCUT2D eigenvalue weighted by Gasteiger charge is 2.68. The van der Waals surface area contributed by atoms with Crippen molar-refractivity contribution in [3.05, 3.63) is 63.1 Å². The van der Waals surface area contributed by atoms with Crippen LogP contribution in [0.15, 0.2) is 36.4 Å². The number of aromatic hydroxyl groups is 1. The highest BCUT2D eigenvalue weighted by Crippen LogP contribution is 2.62. The number of phenolic OH excluding ortho intramolecular Hbond substituents is 1. The second-order valence-corrected chi connectivity index (χ2v) is 11.7. The number of rotatable bonds is 5. The van der Waals surface area contributed by atoms with E-state index >= 15 is 0 Å². The van der Waals surface area contributed by atoms with E-state index in [1.54, 1.807) is 24.3 Å². The van der Waals surface area contributed by atoms with E-state index in [-0.39, 0.29) is 23.6 Å². The molecule has 0 unspecified atom stereocenters. The van der Waals surface area contributed by atoms with Gasteiger partial charge in [0.05, 0.1) is 5.60 Å². The Labute approximate surface area is 210 Å². The van der Waals surface area contributed by atoms with Gasteiger partial charge in [0.2, 0.25) is 5.91 Å². The van der Waals surface area contributed by atoms with Gasteiger partial charge in [-0.15, -0.1) is 0 Å². The number of carbonyl (C=O) groups excluding carboxylic acids is 1. The standard InChI is InChI=1S/C27H30Cl2N2O3/c28-20-7-17(8-21(29)10-20)14-30-25(33)19-12-26-5-6-31(15-16-1-2-16)24(27(26,34)13-19)9-18-3-4-22(32)11-23(18)26/h3-4,7-8,10-11,16,19,24,32,34H,1-2,5-6,9,12-15H2,(H,30,33)/t19-,24-,26-,27-/m1/s1. The second-order valence-electron chi connectivity index (χ2n) is 10.9. The van der Waals surface area contributed by atoms with Gasteiger partial charge in [0.15, 0.2) is 0 Å². The summed E-state index contributed by atoms with van der Waals surface area (Å²) < 4.78 is 0. The van der Waals surface area contributed by atoms with E-state index < -0.39 is 11.0 Å². The maximum absolute atomic E-state index is 13.4. The Morgan fingerprint density at radius 1 is 1.12 bits per heavy atom. The minimum Gasteiger partial charge on any atom is -0.508 e. The molecule has 2 aromatic carbocycles. The average Bonchev–Trinajstić information content (AvgIpc) is 3.53. The van der Waals surface area contributed by atoms with E-state index in [0.717, 1.165) is 43.0 Å². The minimum absolute atomic E-state index is 0.00318. The SMILES string of the molecule is O=C(NCc1cc(Cl)cc(Cl)c1)[C@@H]1C[C@]23CCN(CC4CC4)[C@H](Cc4ccc(O)cc42)[C@]3(O)C1. The quantitative estimate of drug-likeness (QED) is 0.567. The fourth-order valence-corrected chi connectivity index (χ4v) is 7.63. The summed E-state index contributed by atoms with van der Waals surface area (Å²) in [6.07, 6.45) is 5.14. The number of halogens is 2. The molecule has 7 heteroatoms. The van der Waals surface area contributed by atoms with Gasteiger partial charge in [-0.1, -0.05) is 29.3 Å². The molecule has 6 rings (SSSR count). The molecular weight excluding hydrogens is 471 g/mol. The molecule has 2 bridgehead atoms. The lowest BCUT2D eigenvalue weighted by Crippen LogP contribution is -2.69. The van der Waals surface area contributed by atoms with Crippen LogP contribution < -0.4 is 5.32 Å². The largest absolute Gasteiger partial charge is 0.508 e. The number of likely N-dealkylation sites (tertiary alicyclic amines) is 1. The maximum atomic E-state index is 13.4. The van der Waals surface area contributed by atoms with Crippen molar-refractivity contribution in [3.63, 3.8) is 0 Å². The summed E-state index contributed by atoms with van der Waals surface area (Å²) in [4.78, 5) is 15.8. The van der Waals surface area contributed by atoms with Gasteiger partial charge in [0.25, 0.3) is 0 Å². The van der Waals surface area contributed by atoms with Crippen LogP contribution in [0.5, 0.6) is 5.75 Å². The number of aliphatic hydroxyl groups is 1. The number of hydrogen-bond acceptors (Lipinski definition) is 4. The van der Waals surface area contributed by atoms with Crippen LogP contribution in [0.3, 0.4) is 0 Å². The first-order valence-corrected chi connectivity index (χ1v) is 13.0. The summed E-state index contributed by atoms with van der Waals surface area (Å²) in [6, 6.07) is 10.9. The van der Waals surface area contributed by atoms with E-state index in [9.17, 15) is 15.0 Å². The zero-order valence-electron chi connectivity index (χ0n) is 19.1. The fraction of sp³-hybridized carbons (Fsp3) is 0.519. The molecule has 4 atom stereocenters. The third-order valence-electron chi connectivity index (χ3n) is 8.77. The molecule has 1 aliphatic heterocycles. The zero-order chi connectivity index (χ0) is 23.7. The van der Waals surface area contributed by atoms with E-state index in [4.69, 9.17) is 23.2 Å². The Balaban J connectivity index is 1.29. The summed E-state index contributed by atoms with van der Waals surface area (Å²) in [5.41, 5.74) is 1.59. The van der Waals surface area contributed by atoms with Gasteiger partial charge in [0.1, 0.15) is 5.75 Å². The number of amides is 1. The van der Waals surface area contributed by atoms with E-state index in [2.05, 4.69) is 10.2 Å². The van der Waals surface area contributed by atoms with Crippen molar-refractivity contribution in [2.24, 2.45) is 11.8 Å². The third kappa shape index (κ3) is 3.63. The lowest BCUT2D eigenvalue weighted by molar-refractivity contribution is -0.134. The summed E-state index contributed by atoms with van der Waals surface area (Å²) in [6.45, 7) is 2.30. The van der Waals surface area contributed by atoms with Crippen molar-refractivity contribution in [3.8, 4) is 5.75 Å². The summed E-state index contributed by atoms with van der Waals surface area (Å²) >= 11 is 12.2. The van der Waals surface area contributed by atoms with Gasteiger partial charge >= 0.3 is 0 Å². The van der Waals surface area contributed by atoms with Crippen LogP contribution in [0.1, 0.15) is 48.8 Å². The van der Waals surface area contributed by atoms with Gasteiger partial charge < -0.3 is 15.5 Å². The van der Waals surface area contributed by atoms with Gasteiger partial charge in [-0.3, -0.25) is 9.69 Å². The number of nitrogens with one attached hydrogen (secondary N) is 1. The lowest BCUT2D eigenvalue weighted by Gasteiger charge is -2.59. The first-order chi connectivity index (χ1) is 16.3.